The first-order valence-corrected chi connectivity index (χ1v) is 5.23. The number of para-hydroxylation sites is 1. The van der Waals surface area contributed by atoms with Gasteiger partial charge >= 0.3 is 0 Å². The average Bonchev–Trinajstić information content (AvgIpc) is 2.72. The van der Waals surface area contributed by atoms with Crippen LogP contribution in [0.4, 0.5) is 0 Å². The number of H-pyrrole nitrogens is 1. The van der Waals surface area contributed by atoms with Crippen LogP contribution in [0.15, 0.2) is 48.9 Å². The van der Waals surface area contributed by atoms with Crippen molar-refractivity contribution in [2.24, 2.45) is 0 Å². The monoisotopic (exact) mass is 209 g/mol. The van der Waals surface area contributed by atoms with Gasteiger partial charge in [0.15, 0.2) is 0 Å². The van der Waals surface area contributed by atoms with Gasteiger partial charge < -0.3 is 4.98 Å². The van der Waals surface area contributed by atoms with E-state index in [-0.39, 0.29) is 0 Å². The molecule has 0 aliphatic carbocycles. The summed E-state index contributed by atoms with van der Waals surface area (Å²) < 4.78 is 0. The Hall–Kier alpha value is -2.16. The summed E-state index contributed by atoms with van der Waals surface area (Å²) in [5, 5.41) is 1.24. The highest BCUT2D eigenvalue weighted by molar-refractivity contribution is 5.80. The summed E-state index contributed by atoms with van der Waals surface area (Å²) >= 11 is 0. The van der Waals surface area contributed by atoms with Crippen LogP contribution in [0.5, 0.6) is 0 Å². The van der Waals surface area contributed by atoms with Crippen LogP contribution in [-0.2, 0) is 6.42 Å². The molecule has 0 spiro atoms. The van der Waals surface area contributed by atoms with E-state index in [0.717, 1.165) is 12.1 Å². The molecule has 0 amide bonds. The first kappa shape index (κ1) is 9.09. The second-order valence-electron chi connectivity index (χ2n) is 3.76. The first-order chi connectivity index (χ1) is 7.92. The number of nitrogens with zero attached hydrogens (tertiary/aromatic N) is 2. The summed E-state index contributed by atoms with van der Waals surface area (Å²) in [5.41, 5.74) is 3.32. The van der Waals surface area contributed by atoms with Crippen LogP contribution >= 0.6 is 0 Å². The molecule has 0 radical (unpaired) electrons. The first-order valence-electron chi connectivity index (χ1n) is 5.23. The van der Waals surface area contributed by atoms with E-state index in [4.69, 9.17) is 0 Å². The predicted molar refractivity (Wildman–Crippen MR) is 63.1 cm³/mol. The molecule has 0 aliphatic rings. The summed E-state index contributed by atoms with van der Waals surface area (Å²) in [6.07, 6.45) is 6.00. The van der Waals surface area contributed by atoms with E-state index in [1.54, 1.807) is 18.6 Å². The van der Waals surface area contributed by atoms with Crippen molar-refractivity contribution >= 4 is 10.9 Å². The summed E-state index contributed by atoms with van der Waals surface area (Å²) in [7, 11) is 0. The molecule has 0 atom stereocenters. The van der Waals surface area contributed by atoms with Crippen LogP contribution in [0.1, 0.15) is 11.4 Å². The van der Waals surface area contributed by atoms with Gasteiger partial charge in [-0.15, -0.1) is 0 Å². The largest absolute Gasteiger partial charge is 0.358 e. The van der Waals surface area contributed by atoms with E-state index in [9.17, 15) is 0 Å². The predicted octanol–water partition coefficient (Wildman–Crippen LogP) is 2.55. The normalized spacial score (nSPS) is 10.8. The smallest absolute Gasteiger partial charge is 0.0645 e. The quantitative estimate of drug-likeness (QED) is 0.704. The summed E-state index contributed by atoms with van der Waals surface area (Å²) in [6.45, 7) is 0. The van der Waals surface area contributed by atoms with Crippen LogP contribution in [0.3, 0.4) is 0 Å². The molecule has 16 heavy (non-hydrogen) atoms. The zero-order valence-corrected chi connectivity index (χ0v) is 8.72. The van der Waals surface area contributed by atoms with Crippen molar-refractivity contribution in [3.05, 3.63) is 60.3 Å². The Bertz CT molecular complexity index is 566. The molecule has 1 aromatic carbocycles. The molecule has 0 unspecified atom stereocenters. The van der Waals surface area contributed by atoms with Crippen LogP contribution in [0.2, 0.25) is 0 Å². The van der Waals surface area contributed by atoms with Gasteiger partial charge in [0, 0.05) is 36.2 Å². The number of rotatable bonds is 2. The molecule has 2 heterocycles. The third kappa shape index (κ3) is 1.67. The molecule has 78 valence electrons. The molecular weight excluding hydrogens is 198 g/mol. The zero-order chi connectivity index (χ0) is 10.8. The number of hydrogen-bond acceptors (Lipinski definition) is 2. The lowest BCUT2D eigenvalue weighted by Crippen LogP contribution is -1.92. The fourth-order valence-corrected chi connectivity index (χ4v) is 1.85. The van der Waals surface area contributed by atoms with E-state index < -0.39 is 0 Å². The maximum atomic E-state index is 4.26. The Labute approximate surface area is 93.2 Å². The van der Waals surface area contributed by atoms with Crippen LogP contribution in [-0.4, -0.2) is 15.0 Å². The Balaban J connectivity index is 1.95. The van der Waals surface area contributed by atoms with E-state index in [1.165, 1.54) is 16.6 Å². The molecule has 0 aliphatic heterocycles. The van der Waals surface area contributed by atoms with Crippen molar-refractivity contribution in [1.82, 2.24) is 15.0 Å². The van der Waals surface area contributed by atoms with Crippen molar-refractivity contribution in [2.45, 2.75) is 6.42 Å². The van der Waals surface area contributed by atoms with Gasteiger partial charge in [0.1, 0.15) is 0 Å². The van der Waals surface area contributed by atoms with Gasteiger partial charge in [0.05, 0.1) is 5.69 Å². The number of nitrogens with one attached hydrogen (secondary N) is 1. The van der Waals surface area contributed by atoms with Gasteiger partial charge in [-0.05, 0) is 17.5 Å². The van der Waals surface area contributed by atoms with Crippen molar-refractivity contribution in [3.63, 3.8) is 0 Å². The third-order valence-corrected chi connectivity index (χ3v) is 2.57. The Morgan fingerprint density at radius 1 is 1.12 bits per heavy atom. The van der Waals surface area contributed by atoms with Crippen molar-refractivity contribution in [3.8, 4) is 0 Å². The Morgan fingerprint density at radius 2 is 2.06 bits per heavy atom. The topological polar surface area (TPSA) is 41.6 Å². The fraction of sp³-hybridized carbons (Fsp3) is 0.0769. The van der Waals surface area contributed by atoms with Gasteiger partial charge in [-0.2, -0.15) is 0 Å². The third-order valence-electron chi connectivity index (χ3n) is 2.57. The molecule has 0 saturated heterocycles. The number of benzene rings is 1. The Morgan fingerprint density at radius 3 is 2.88 bits per heavy atom. The minimum atomic E-state index is 0.794. The SMILES string of the molecule is c1ccc2[nH]c(Cc3cnccn3)cc2c1. The minimum Gasteiger partial charge on any atom is -0.358 e. The van der Waals surface area contributed by atoms with Crippen molar-refractivity contribution < 1.29 is 0 Å². The van der Waals surface area contributed by atoms with Gasteiger partial charge in [-0.3, -0.25) is 9.97 Å². The molecule has 3 rings (SSSR count). The molecule has 2 aromatic heterocycles. The molecule has 3 aromatic rings. The lowest BCUT2D eigenvalue weighted by Gasteiger charge is -1.95. The highest BCUT2D eigenvalue weighted by Crippen LogP contribution is 2.16. The molecule has 1 N–H and O–H groups in total. The highest BCUT2D eigenvalue weighted by Gasteiger charge is 2.01. The minimum absolute atomic E-state index is 0.794. The molecule has 3 heteroatoms. The Kier molecular flexibility index (Phi) is 2.14. The molecule has 0 bridgehead atoms. The molecule has 0 fully saturated rings. The van der Waals surface area contributed by atoms with Crippen LogP contribution in [0.25, 0.3) is 10.9 Å². The van der Waals surface area contributed by atoms with Crippen LogP contribution in [0, 0.1) is 0 Å². The standard InChI is InChI=1S/C13H11N3/c1-2-4-13-10(3-1)7-11(16-13)8-12-9-14-5-6-15-12/h1-7,9,16H,8H2. The average molecular weight is 209 g/mol. The fourth-order valence-electron chi connectivity index (χ4n) is 1.85. The van der Waals surface area contributed by atoms with Gasteiger partial charge in [-0.25, -0.2) is 0 Å². The number of fused-ring (bicyclic) bond motifs is 1. The van der Waals surface area contributed by atoms with E-state index in [2.05, 4.69) is 33.2 Å². The second-order valence-corrected chi connectivity index (χ2v) is 3.76. The number of aromatic nitrogens is 3. The molecule has 3 nitrogen and oxygen atoms in total. The molecule has 0 saturated carbocycles. The van der Waals surface area contributed by atoms with Gasteiger partial charge in [0.2, 0.25) is 0 Å². The van der Waals surface area contributed by atoms with Crippen molar-refractivity contribution in [2.75, 3.05) is 0 Å². The van der Waals surface area contributed by atoms with Gasteiger partial charge in [-0.1, -0.05) is 18.2 Å². The molecular formula is C13H11N3. The van der Waals surface area contributed by atoms with E-state index in [1.807, 2.05) is 12.1 Å². The second kappa shape index (κ2) is 3.77. The number of aromatic amines is 1. The van der Waals surface area contributed by atoms with E-state index >= 15 is 0 Å². The van der Waals surface area contributed by atoms with Crippen molar-refractivity contribution in [1.29, 1.82) is 0 Å². The van der Waals surface area contributed by atoms with Gasteiger partial charge in [0.25, 0.3) is 0 Å². The summed E-state index contributed by atoms with van der Waals surface area (Å²) in [6, 6.07) is 10.4. The summed E-state index contributed by atoms with van der Waals surface area (Å²) in [5.74, 6) is 0. The highest BCUT2D eigenvalue weighted by atomic mass is 14.8. The zero-order valence-electron chi connectivity index (χ0n) is 8.72. The summed E-state index contributed by atoms with van der Waals surface area (Å²) in [4.78, 5) is 11.7. The lowest BCUT2D eigenvalue weighted by atomic mass is 10.2. The van der Waals surface area contributed by atoms with E-state index in [0.29, 0.717) is 0 Å². The number of hydrogen-bond donors (Lipinski definition) is 1. The lowest BCUT2D eigenvalue weighted by molar-refractivity contribution is 1.00. The maximum absolute atomic E-state index is 4.26. The van der Waals surface area contributed by atoms with Crippen LogP contribution < -0.4 is 0 Å². The maximum Gasteiger partial charge on any atom is 0.0645 e.